The van der Waals surface area contributed by atoms with Crippen molar-refractivity contribution in [3.05, 3.63) is 85.0 Å². The molecular formula is C25H24N6O. The van der Waals surface area contributed by atoms with E-state index < -0.39 is 0 Å². The molecule has 0 bridgehead atoms. The Hall–Kier alpha value is -3.87. The molecule has 0 aliphatic heterocycles. The van der Waals surface area contributed by atoms with Crippen LogP contribution in [-0.4, -0.2) is 37.0 Å². The van der Waals surface area contributed by atoms with E-state index in [9.17, 15) is 4.79 Å². The molecule has 0 radical (unpaired) electrons. The van der Waals surface area contributed by atoms with Gasteiger partial charge in [0.15, 0.2) is 5.82 Å². The summed E-state index contributed by atoms with van der Waals surface area (Å²) in [5, 5.41) is 3.06. The number of hydrogen-bond donors (Lipinski definition) is 1. The third-order valence-corrected chi connectivity index (χ3v) is 5.63. The molecule has 0 spiro atoms. The topological polar surface area (TPSA) is 85.6 Å². The standard InChI is InChI=1S/C25H24N6O/c32-25(28-11-7-18-5-9-26-10-6-18)23-12-21(17-31(23)16-19-3-4-19)22-14-29-24(30-15-22)20-2-1-8-27-13-20/h1-2,5-6,8-10,12-15,17,19H,3-4,7,11,16H2,(H,28,32). The maximum Gasteiger partial charge on any atom is 0.267 e. The molecule has 7 nitrogen and oxygen atoms in total. The monoisotopic (exact) mass is 424 g/mol. The summed E-state index contributed by atoms with van der Waals surface area (Å²) in [6.07, 6.45) is 15.9. The second-order valence-electron chi connectivity index (χ2n) is 8.11. The third-order valence-electron chi connectivity index (χ3n) is 5.63. The lowest BCUT2D eigenvalue weighted by Crippen LogP contribution is -2.28. The van der Waals surface area contributed by atoms with Gasteiger partial charge in [-0.3, -0.25) is 14.8 Å². The highest BCUT2D eigenvalue weighted by Crippen LogP contribution is 2.32. The molecule has 4 heterocycles. The molecule has 32 heavy (non-hydrogen) atoms. The van der Waals surface area contributed by atoms with E-state index in [0.29, 0.717) is 24.0 Å². The summed E-state index contributed by atoms with van der Waals surface area (Å²) in [6, 6.07) is 9.67. The summed E-state index contributed by atoms with van der Waals surface area (Å²) in [6.45, 7) is 1.44. The Bertz CT molecular complexity index is 1180. The Morgan fingerprint density at radius 2 is 1.78 bits per heavy atom. The SMILES string of the molecule is O=C(NCCc1ccncc1)c1cc(-c2cnc(-c3cccnc3)nc2)cn1CC1CC1. The van der Waals surface area contributed by atoms with Crippen molar-refractivity contribution in [2.75, 3.05) is 6.54 Å². The fourth-order valence-corrected chi connectivity index (χ4v) is 3.67. The molecular weight excluding hydrogens is 400 g/mol. The number of pyridine rings is 2. The minimum atomic E-state index is -0.0566. The molecule has 4 aromatic heterocycles. The van der Waals surface area contributed by atoms with E-state index in [1.165, 1.54) is 12.8 Å². The van der Waals surface area contributed by atoms with E-state index in [-0.39, 0.29) is 5.91 Å². The number of carbonyl (C=O) groups is 1. The number of hydrogen-bond acceptors (Lipinski definition) is 5. The van der Waals surface area contributed by atoms with Crippen molar-refractivity contribution >= 4 is 5.91 Å². The first-order chi connectivity index (χ1) is 15.8. The summed E-state index contributed by atoms with van der Waals surface area (Å²) >= 11 is 0. The quantitative estimate of drug-likeness (QED) is 0.465. The maximum absolute atomic E-state index is 13.0. The van der Waals surface area contributed by atoms with Crippen molar-refractivity contribution < 1.29 is 4.79 Å². The van der Waals surface area contributed by atoms with Crippen LogP contribution in [0.15, 0.2) is 73.7 Å². The van der Waals surface area contributed by atoms with Crippen molar-refractivity contribution in [2.45, 2.75) is 25.8 Å². The summed E-state index contributed by atoms with van der Waals surface area (Å²) in [5.41, 5.74) is 4.54. The van der Waals surface area contributed by atoms with Crippen LogP contribution in [-0.2, 0) is 13.0 Å². The van der Waals surface area contributed by atoms with Crippen LogP contribution in [0.2, 0.25) is 0 Å². The van der Waals surface area contributed by atoms with E-state index in [4.69, 9.17) is 0 Å². The number of carbonyl (C=O) groups excluding carboxylic acids is 1. The molecule has 0 saturated heterocycles. The number of nitrogens with one attached hydrogen (secondary N) is 1. The summed E-state index contributed by atoms with van der Waals surface area (Å²) in [5.74, 6) is 1.23. The van der Waals surface area contributed by atoms with Gasteiger partial charge >= 0.3 is 0 Å². The predicted octanol–water partition coefficient (Wildman–Crippen LogP) is 3.78. The zero-order valence-electron chi connectivity index (χ0n) is 17.7. The number of aromatic nitrogens is 5. The first-order valence-electron chi connectivity index (χ1n) is 10.9. The normalized spacial score (nSPS) is 13.1. The number of rotatable bonds is 8. The minimum Gasteiger partial charge on any atom is -0.350 e. The van der Waals surface area contributed by atoms with Gasteiger partial charge in [0.1, 0.15) is 5.69 Å². The van der Waals surface area contributed by atoms with Crippen molar-refractivity contribution in [3.8, 4) is 22.5 Å². The molecule has 0 atom stereocenters. The van der Waals surface area contributed by atoms with E-state index in [1.54, 1.807) is 37.2 Å². The van der Waals surface area contributed by atoms with E-state index in [2.05, 4.69) is 29.8 Å². The molecule has 7 heteroatoms. The lowest BCUT2D eigenvalue weighted by atomic mass is 10.1. The van der Waals surface area contributed by atoms with Gasteiger partial charge in [0.05, 0.1) is 0 Å². The number of amides is 1. The van der Waals surface area contributed by atoms with Crippen LogP contribution in [0, 0.1) is 5.92 Å². The Morgan fingerprint density at radius 1 is 0.969 bits per heavy atom. The van der Waals surface area contributed by atoms with Gasteiger partial charge in [0.2, 0.25) is 0 Å². The predicted molar refractivity (Wildman–Crippen MR) is 122 cm³/mol. The van der Waals surface area contributed by atoms with Crippen LogP contribution < -0.4 is 5.32 Å². The Kier molecular flexibility index (Phi) is 5.70. The Balaban J connectivity index is 1.33. The average Bonchev–Trinajstić information content (AvgIpc) is 3.56. The van der Waals surface area contributed by atoms with Crippen LogP contribution in [0.25, 0.3) is 22.5 Å². The van der Waals surface area contributed by atoms with Gasteiger partial charge in [-0.05, 0) is 61.1 Å². The average molecular weight is 425 g/mol. The van der Waals surface area contributed by atoms with Crippen molar-refractivity contribution in [3.63, 3.8) is 0 Å². The molecule has 0 aromatic carbocycles. The zero-order chi connectivity index (χ0) is 21.8. The third kappa shape index (κ3) is 4.72. The van der Waals surface area contributed by atoms with Crippen molar-refractivity contribution in [1.82, 2.24) is 29.8 Å². The summed E-state index contributed by atoms with van der Waals surface area (Å²) in [4.78, 5) is 30.1. The van der Waals surface area contributed by atoms with Crippen LogP contribution in [0.1, 0.15) is 28.9 Å². The Labute approximate surface area is 186 Å². The molecule has 1 amide bonds. The smallest absolute Gasteiger partial charge is 0.267 e. The molecule has 4 aromatic rings. The van der Waals surface area contributed by atoms with Gasteiger partial charge < -0.3 is 9.88 Å². The molecule has 160 valence electrons. The van der Waals surface area contributed by atoms with Gasteiger partial charge in [-0.15, -0.1) is 0 Å². The highest BCUT2D eigenvalue weighted by atomic mass is 16.1. The van der Waals surface area contributed by atoms with Gasteiger partial charge in [0.25, 0.3) is 5.91 Å². The van der Waals surface area contributed by atoms with Gasteiger partial charge in [-0.1, -0.05) is 0 Å². The second-order valence-corrected chi connectivity index (χ2v) is 8.11. The van der Waals surface area contributed by atoms with Gasteiger partial charge in [0, 0.05) is 73.2 Å². The van der Waals surface area contributed by atoms with Crippen molar-refractivity contribution in [1.29, 1.82) is 0 Å². The lowest BCUT2D eigenvalue weighted by Gasteiger charge is -2.09. The molecule has 0 unspecified atom stereocenters. The highest BCUT2D eigenvalue weighted by Gasteiger charge is 2.24. The second kappa shape index (κ2) is 9.09. The maximum atomic E-state index is 13.0. The van der Waals surface area contributed by atoms with E-state index >= 15 is 0 Å². The summed E-state index contributed by atoms with van der Waals surface area (Å²) < 4.78 is 2.07. The first-order valence-corrected chi connectivity index (χ1v) is 10.9. The Morgan fingerprint density at radius 3 is 2.50 bits per heavy atom. The van der Waals surface area contributed by atoms with Gasteiger partial charge in [-0.25, -0.2) is 9.97 Å². The largest absolute Gasteiger partial charge is 0.350 e. The first kappa shape index (κ1) is 20.1. The van der Waals surface area contributed by atoms with Crippen LogP contribution in [0.4, 0.5) is 0 Å². The molecule has 1 fully saturated rings. The molecule has 1 saturated carbocycles. The zero-order valence-corrected chi connectivity index (χ0v) is 17.7. The highest BCUT2D eigenvalue weighted by molar-refractivity contribution is 5.94. The van der Waals surface area contributed by atoms with Crippen molar-refractivity contribution in [2.24, 2.45) is 5.92 Å². The molecule has 1 N–H and O–H groups in total. The van der Waals surface area contributed by atoms with Crippen LogP contribution >= 0.6 is 0 Å². The fourth-order valence-electron chi connectivity index (χ4n) is 3.67. The minimum absolute atomic E-state index is 0.0566. The van der Waals surface area contributed by atoms with E-state index in [1.807, 2.05) is 36.5 Å². The van der Waals surface area contributed by atoms with E-state index in [0.717, 1.165) is 35.2 Å². The van der Waals surface area contributed by atoms with Gasteiger partial charge in [-0.2, -0.15) is 0 Å². The fraction of sp³-hybridized carbons (Fsp3) is 0.240. The molecule has 1 aliphatic carbocycles. The summed E-state index contributed by atoms with van der Waals surface area (Å²) in [7, 11) is 0. The van der Waals surface area contributed by atoms with Crippen LogP contribution in [0.3, 0.4) is 0 Å². The van der Waals surface area contributed by atoms with Crippen LogP contribution in [0.5, 0.6) is 0 Å². The lowest BCUT2D eigenvalue weighted by molar-refractivity contribution is 0.0944. The number of nitrogens with zero attached hydrogens (tertiary/aromatic N) is 5. The molecule has 1 aliphatic rings. The molecule has 5 rings (SSSR count).